The Morgan fingerprint density at radius 1 is 0.464 bits per heavy atom. The maximum absolute atomic E-state index is 5.12. The van der Waals surface area contributed by atoms with Crippen LogP contribution in [0.15, 0.2) is 195 Å². The van der Waals surface area contributed by atoms with Crippen LogP contribution in [0.2, 0.25) is 0 Å². The van der Waals surface area contributed by atoms with Crippen molar-refractivity contribution in [3.63, 3.8) is 0 Å². The van der Waals surface area contributed by atoms with Crippen LogP contribution in [0.1, 0.15) is 6.92 Å². The number of nitrogens with zero attached hydrogens (tertiary/aromatic N) is 2. The molecule has 2 nitrogen and oxygen atoms in total. The average molecular weight is 715 g/mol. The number of allylic oxidation sites excluding steroid dienone is 1. The average Bonchev–Trinajstić information content (AvgIpc) is 3.65. The van der Waals surface area contributed by atoms with Gasteiger partial charge in [0.1, 0.15) is 5.82 Å². The highest BCUT2D eigenvalue weighted by Crippen LogP contribution is 2.45. The minimum atomic E-state index is 0.928. The zero-order chi connectivity index (χ0) is 37.6. The molecule has 0 saturated carbocycles. The molecule has 0 spiro atoms. The molecule has 0 amide bonds. The molecule has 0 aliphatic heterocycles. The van der Waals surface area contributed by atoms with Gasteiger partial charge < -0.3 is 0 Å². The molecule has 10 rings (SSSR count). The summed E-state index contributed by atoms with van der Waals surface area (Å²) >= 11 is 0. The van der Waals surface area contributed by atoms with Gasteiger partial charge in [-0.05, 0) is 126 Å². The molecule has 56 heavy (non-hydrogen) atoms. The monoisotopic (exact) mass is 714 g/mol. The van der Waals surface area contributed by atoms with Crippen LogP contribution in [0.5, 0.6) is 0 Å². The third-order valence-corrected chi connectivity index (χ3v) is 11.1. The molecule has 0 radical (unpaired) electrons. The summed E-state index contributed by atoms with van der Waals surface area (Å²) in [7, 11) is 0. The van der Waals surface area contributed by atoms with E-state index in [-0.39, 0.29) is 0 Å². The Balaban J connectivity index is 1.20. The minimum Gasteiger partial charge on any atom is -0.292 e. The highest BCUT2D eigenvalue weighted by atomic mass is 15.1. The molecule has 0 saturated heterocycles. The van der Waals surface area contributed by atoms with Gasteiger partial charge in [0.2, 0.25) is 0 Å². The molecule has 9 aromatic carbocycles. The van der Waals surface area contributed by atoms with Crippen LogP contribution in [0.25, 0.3) is 106 Å². The molecule has 0 N–H and O–H groups in total. The summed E-state index contributed by atoms with van der Waals surface area (Å²) in [6.45, 7) is 6.10. The standard InChI is InChI=1S/C54H38N2/c1-3-14-40-33-43(29-23-36(40)4-2)52-46-19-10-11-20-47(46)53(44-30-26-37-15-8-9-16-41(37)34-44)49-35-42(31-32-48(49)52)38-24-27-39(28-25-38)54-55-50-21-12-13-22-51(50)56(54)45-17-6-5-7-18-45/h3-35H,1H2,2H3/b36-4-,40-14-. The summed E-state index contributed by atoms with van der Waals surface area (Å²) < 4.78 is 2.26. The smallest absolute Gasteiger partial charge is 0.145 e. The van der Waals surface area contributed by atoms with Gasteiger partial charge >= 0.3 is 0 Å². The van der Waals surface area contributed by atoms with Crippen LogP contribution in [0.3, 0.4) is 0 Å². The van der Waals surface area contributed by atoms with Crippen molar-refractivity contribution in [2.75, 3.05) is 0 Å². The van der Waals surface area contributed by atoms with E-state index in [4.69, 9.17) is 4.98 Å². The molecule has 0 aliphatic carbocycles. The maximum Gasteiger partial charge on any atom is 0.145 e. The number of benzene rings is 9. The lowest BCUT2D eigenvalue weighted by atomic mass is 9.84. The van der Waals surface area contributed by atoms with Crippen LogP contribution in [-0.4, -0.2) is 9.55 Å². The van der Waals surface area contributed by atoms with E-state index in [0.717, 1.165) is 38.9 Å². The lowest BCUT2D eigenvalue weighted by Gasteiger charge is -2.19. The molecule has 0 aliphatic rings. The zero-order valence-electron chi connectivity index (χ0n) is 31.2. The Labute approximate surface area is 326 Å². The van der Waals surface area contributed by atoms with Gasteiger partial charge in [0.05, 0.1) is 11.0 Å². The molecule has 1 heterocycles. The van der Waals surface area contributed by atoms with Crippen molar-refractivity contribution in [3.05, 3.63) is 205 Å². The van der Waals surface area contributed by atoms with Gasteiger partial charge in [-0.2, -0.15) is 0 Å². The normalized spacial score (nSPS) is 12.3. The maximum atomic E-state index is 5.12. The predicted molar refractivity (Wildman–Crippen MR) is 239 cm³/mol. The van der Waals surface area contributed by atoms with E-state index in [0.29, 0.717) is 0 Å². The Kier molecular flexibility index (Phi) is 8.23. The van der Waals surface area contributed by atoms with Crippen LogP contribution in [-0.2, 0) is 0 Å². The van der Waals surface area contributed by atoms with E-state index in [2.05, 4.69) is 212 Å². The van der Waals surface area contributed by atoms with Crippen LogP contribution < -0.4 is 10.4 Å². The predicted octanol–water partition coefficient (Wildman–Crippen LogP) is 12.9. The number of hydrogen-bond donors (Lipinski definition) is 0. The molecule has 10 aromatic rings. The third-order valence-electron chi connectivity index (χ3n) is 11.1. The molecule has 0 bridgehead atoms. The van der Waals surface area contributed by atoms with Gasteiger partial charge in [-0.25, -0.2) is 4.98 Å². The highest BCUT2D eigenvalue weighted by Gasteiger charge is 2.19. The molecule has 1 aromatic heterocycles. The van der Waals surface area contributed by atoms with Crippen molar-refractivity contribution in [3.8, 4) is 50.5 Å². The second-order valence-corrected chi connectivity index (χ2v) is 14.3. The van der Waals surface area contributed by atoms with E-state index in [9.17, 15) is 0 Å². The van der Waals surface area contributed by atoms with Crippen molar-refractivity contribution in [2.45, 2.75) is 6.92 Å². The molecular weight excluding hydrogens is 677 g/mol. The van der Waals surface area contributed by atoms with Crippen molar-refractivity contribution in [1.82, 2.24) is 9.55 Å². The zero-order valence-corrected chi connectivity index (χ0v) is 31.2. The van der Waals surface area contributed by atoms with Crippen molar-refractivity contribution >= 4 is 55.5 Å². The summed E-state index contributed by atoms with van der Waals surface area (Å²) in [5, 5.41) is 9.74. The van der Waals surface area contributed by atoms with E-state index >= 15 is 0 Å². The first-order valence-electron chi connectivity index (χ1n) is 19.2. The molecule has 0 atom stereocenters. The molecule has 2 heteroatoms. The van der Waals surface area contributed by atoms with E-state index in [1.807, 2.05) is 6.08 Å². The number of para-hydroxylation sites is 3. The fourth-order valence-electron chi connectivity index (χ4n) is 8.46. The van der Waals surface area contributed by atoms with E-state index < -0.39 is 0 Å². The number of hydrogen-bond acceptors (Lipinski definition) is 1. The second-order valence-electron chi connectivity index (χ2n) is 14.3. The SMILES string of the molecule is C=C/C=c1/cc(-c2c3ccccc3c(-c3ccc4ccccc4c3)c3cc(-c4ccc(-c5nc6ccccc6n5-c5ccccc5)cc4)ccc23)cc/c1=C/C. The topological polar surface area (TPSA) is 17.8 Å². The van der Waals surface area contributed by atoms with Gasteiger partial charge in [-0.3, -0.25) is 4.57 Å². The number of rotatable bonds is 6. The van der Waals surface area contributed by atoms with Gasteiger partial charge in [-0.15, -0.1) is 0 Å². The Morgan fingerprint density at radius 2 is 1.07 bits per heavy atom. The summed E-state index contributed by atoms with van der Waals surface area (Å²) in [4.78, 5) is 5.12. The fourth-order valence-corrected chi connectivity index (χ4v) is 8.46. The van der Waals surface area contributed by atoms with Crippen molar-refractivity contribution in [2.24, 2.45) is 0 Å². The number of imidazole rings is 1. The van der Waals surface area contributed by atoms with Gasteiger partial charge in [-0.1, -0.05) is 164 Å². The Bertz CT molecular complexity index is 3260. The summed E-state index contributed by atoms with van der Waals surface area (Å²) in [6.07, 6.45) is 6.14. The molecule has 0 fully saturated rings. The van der Waals surface area contributed by atoms with E-state index in [1.54, 1.807) is 0 Å². The first-order valence-corrected chi connectivity index (χ1v) is 19.2. The van der Waals surface area contributed by atoms with Crippen LogP contribution in [0.4, 0.5) is 0 Å². The second kappa shape index (κ2) is 13.8. The van der Waals surface area contributed by atoms with Crippen molar-refractivity contribution < 1.29 is 0 Å². The van der Waals surface area contributed by atoms with Crippen molar-refractivity contribution in [1.29, 1.82) is 0 Å². The third kappa shape index (κ3) is 5.63. The summed E-state index contributed by atoms with van der Waals surface area (Å²) in [5.74, 6) is 0.928. The summed E-state index contributed by atoms with van der Waals surface area (Å²) in [5.41, 5.74) is 11.4. The van der Waals surface area contributed by atoms with Crippen LogP contribution in [0, 0.1) is 0 Å². The molecular formula is C54H38N2. The number of fused-ring (bicyclic) bond motifs is 4. The lowest BCUT2D eigenvalue weighted by Crippen LogP contribution is -2.23. The van der Waals surface area contributed by atoms with Gasteiger partial charge in [0.25, 0.3) is 0 Å². The van der Waals surface area contributed by atoms with E-state index in [1.165, 1.54) is 65.4 Å². The Hall–Kier alpha value is -7.29. The van der Waals surface area contributed by atoms with Crippen LogP contribution >= 0.6 is 0 Å². The Morgan fingerprint density at radius 3 is 1.86 bits per heavy atom. The first-order chi connectivity index (χ1) is 27.7. The number of aromatic nitrogens is 2. The quantitative estimate of drug-likeness (QED) is 0.157. The minimum absolute atomic E-state index is 0.928. The lowest BCUT2D eigenvalue weighted by molar-refractivity contribution is 1.10. The van der Waals surface area contributed by atoms with Gasteiger partial charge in [0.15, 0.2) is 0 Å². The molecule has 0 unspecified atom stereocenters. The highest BCUT2D eigenvalue weighted by molar-refractivity contribution is 6.22. The first kappa shape index (κ1) is 33.3. The van der Waals surface area contributed by atoms with Gasteiger partial charge in [0, 0.05) is 11.3 Å². The fraction of sp³-hybridized carbons (Fsp3) is 0.0185. The molecule has 264 valence electrons. The largest absolute Gasteiger partial charge is 0.292 e. The summed E-state index contributed by atoms with van der Waals surface area (Å²) in [6, 6.07) is 65.9.